The van der Waals surface area contributed by atoms with Gasteiger partial charge in [0.15, 0.2) is 6.61 Å². The Balaban J connectivity index is 1.89. The summed E-state index contributed by atoms with van der Waals surface area (Å²) in [5, 5.41) is 18.1. The van der Waals surface area contributed by atoms with Crippen molar-refractivity contribution in [3.05, 3.63) is 93.8 Å². The first-order chi connectivity index (χ1) is 15.5. The number of benzene rings is 2. The van der Waals surface area contributed by atoms with E-state index in [4.69, 9.17) is 20.0 Å². The van der Waals surface area contributed by atoms with Crippen LogP contribution < -0.4 is 0 Å². The standard InChI is InChI=1S/C25H21N3O4/c1-2-31-23(29)16-32-25(30)24-21(11-19-4-3-5-20(10-19)14-27)15-28-22(24)12-17-6-8-18(13-26)9-7-17/h3-10,15,28H,2,11-12,16H2,1H3. The summed E-state index contributed by atoms with van der Waals surface area (Å²) in [5.41, 5.74) is 4.53. The van der Waals surface area contributed by atoms with Crippen molar-refractivity contribution >= 4 is 11.9 Å². The molecule has 0 atom stereocenters. The zero-order chi connectivity index (χ0) is 22.9. The highest BCUT2D eigenvalue weighted by Crippen LogP contribution is 2.23. The monoisotopic (exact) mass is 427 g/mol. The minimum Gasteiger partial charge on any atom is -0.463 e. The fourth-order valence-electron chi connectivity index (χ4n) is 3.32. The van der Waals surface area contributed by atoms with Crippen molar-refractivity contribution in [2.24, 2.45) is 0 Å². The topological polar surface area (TPSA) is 116 Å². The molecule has 1 aromatic heterocycles. The van der Waals surface area contributed by atoms with Crippen molar-refractivity contribution in [2.45, 2.75) is 19.8 Å². The number of aromatic amines is 1. The molecule has 7 nitrogen and oxygen atoms in total. The summed E-state index contributed by atoms with van der Waals surface area (Å²) >= 11 is 0. The summed E-state index contributed by atoms with van der Waals surface area (Å²) in [6.45, 7) is 1.40. The van der Waals surface area contributed by atoms with Gasteiger partial charge in [-0.15, -0.1) is 0 Å². The Kier molecular flexibility index (Phi) is 7.40. The van der Waals surface area contributed by atoms with Crippen LogP contribution in [0.2, 0.25) is 0 Å². The zero-order valence-corrected chi connectivity index (χ0v) is 17.6. The summed E-state index contributed by atoms with van der Waals surface area (Å²) < 4.78 is 10.0. The fraction of sp³-hybridized carbons (Fsp3) is 0.200. The first-order valence-electron chi connectivity index (χ1n) is 10.0. The van der Waals surface area contributed by atoms with Crippen molar-refractivity contribution in [1.82, 2.24) is 4.98 Å². The first-order valence-corrected chi connectivity index (χ1v) is 10.0. The number of ether oxygens (including phenoxy) is 2. The maximum atomic E-state index is 12.9. The Bertz CT molecular complexity index is 1200. The Morgan fingerprint density at radius 3 is 2.38 bits per heavy atom. The van der Waals surface area contributed by atoms with Gasteiger partial charge in [-0.3, -0.25) is 0 Å². The lowest BCUT2D eigenvalue weighted by Gasteiger charge is -2.09. The lowest BCUT2D eigenvalue weighted by atomic mass is 9.99. The van der Waals surface area contributed by atoms with Gasteiger partial charge in [-0.25, -0.2) is 9.59 Å². The van der Waals surface area contributed by atoms with E-state index >= 15 is 0 Å². The zero-order valence-electron chi connectivity index (χ0n) is 17.6. The molecule has 1 heterocycles. The Labute approximate surface area is 185 Å². The Hall–Kier alpha value is -4.36. The first kappa shape index (κ1) is 22.3. The number of hydrogen-bond donors (Lipinski definition) is 1. The van der Waals surface area contributed by atoms with Crippen molar-refractivity contribution in [3.63, 3.8) is 0 Å². The predicted octanol–water partition coefficient (Wildman–Crippen LogP) is 3.66. The molecule has 3 rings (SSSR count). The van der Waals surface area contributed by atoms with Gasteiger partial charge in [0.1, 0.15) is 0 Å². The van der Waals surface area contributed by atoms with Crippen LogP contribution in [0.3, 0.4) is 0 Å². The predicted molar refractivity (Wildman–Crippen MR) is 116 cm³/mol. The fourth-order valence-corrected chi connectivity index (χ4v) is 3.32. The summed E-state index contributed by atoms with van der Waals surface area (Å²) in [5.74, 6) is -1.25. The van der Waals surface area contributed by atoms with Crippen LogP contribution in [0.4, 0.5) is 0 Å². The second-order valence-electron chi connectivity index (χ2n) is 7.02. The van der Waals surface area contributed by atoms with Crippen molar-refractivity contribution < 1.29 is 19.1 Å². The summed E-state index contributed by atoms with van der Waals surface area (Å²) in [4.78, 5) is 27.7. The molecule has 0 amide bonds. The minimum atomic E-state index is -0.630. The molecular formula is C25H21N3O4. The molecule has 0 unspecified atom stereocenters. The van der Waals surface area contributed by atoms with Crippen LogP contribution >= 0.6 is 0 Å². The molecule has 0 spiro atoms. The lowest BCUT2D eigenvalue weighted by Crippen LogP contribution is -2.18. The van der Waals surface area contributed by atoms with E-state index in [1.165, 1.54) is 0 Å². The molecule has 7 heteroatoms. The van der Waals surface area contributed by atoms with E-state index in [2.05, 4.69) is 17.1 Å². The van der Waals surface area contributed by atoms with Gasteiger partial charge in [-0.1, -0.05) is 24.3 Å². The third kappa shape index (κ3) is 5.62. The molecule has 2 aromatic carbocycles. The van der Waals surface area contributed by atoms with E-state index in [-0.39, 0.29) is 6.61 Å². The summed E-state index contributed by atoms with van der Waals surface area (Å²) in [7, 11) is 0. The molecule has 0 fully saturated rings. The average Bonchev–Trinajstić information content (AvgIpc) is 3.20. The third-order valence-corrected chi connectivity index (χ3v) is 4.79. The maximum Gasteiger partial charge on any atom is 0.344 e. The van der Waals surface area contributed by atoms with Gasteiger partial charge in [-0.2, -0.15) is 10.5 Å². The van der Waals surface area contributed by atoms with Crippen LogP contribution in [0.5, 0.6) is 0 Å². The highest BCUT2D eigenvalue weighted by atomic mass is 16.6. The number of rotatable bonds is 8. The molecule has 0 radical (unpaired) electrons. The summed E-state index contributed by atoms with van der Waals surface area (Å²) in [6.07, 6.45) is 2.55. The number of esters is 2. The smallest absolute Gasteiger partial charge is 0.344 e. The van der Waals surface area contributed by atoms with Crippen molar-refractivity contribution in [1.29, 1.82) is 10.5 Å². The Morgan fingerprint density at radius 2 is 1.69 bits per heavy atom. The van der Waals surface area contributed by atoms with Crippen LogP contribution in [-0.4, -0.2) is 30.1 Å². The molecule has 1 N–H and O–H groups in total. The molecule has 0 aliphatic carbocycles. The SMILES string of the molecule is CCOC(=O)COC(=O)c1c(Cc2cccc(C#N)c2)c[nH]c1Cc1ccc(C#N)cc1. The molecule has 0 saturated heterocycles. The number of nitrogens with one attached hydrogen (secondary N) is 1. The molecule has 0 aliphatic heterocycles. The quantitative estimate of drug-likeness (QED) is 0.549. The molecule has 0 saturated carbocycles. The number of carbonyl (C=O) groups is 2. The van der Waals surface area contributed by atoms with E-state index in [9.17, 15) is 9.59 Å². The van der Waals surface area contributed by atoms with Gasteiger partial charge < -0.3 is 14.5 Å². The second kappa shape index (κ2) is 10.6. The van der Waals surface area contributed by atoms with Gasteiger partial charge in [0.05, 0.1) is 35.4 Å². The van der Waals surface area contributed by atoms with Gasteiger partial charge in [-0.05, 0) is 54.3 Å². The average molecular weight is 427 g/mol. The Morgan fingerprint density at radius 1 is 0.938 bits per heavy atom. The molecule has 0 bridgehead atoms. The number of carbonyl (C=O) groups excluding carboxylic acids is 2. The third-order valence-electron chi connectivity index (χ3n) is 4.79. The van der Waals surface area contributed by atoms with Crippen molar-refractivity contribution in [3.8, 4) is 12.1 Å². The minimum absolute atomic E-state index is 0.199. The van der Waals surface area contributed by atoms with Gasteiger partial charge in [0, 0.05) is 18.3 Å². The number of hydrogen-bond acceptors (Lipinski definition) is 6. The molecule has 3 aromatic rings. The largest absolute Gasteiger partial charge is 0.463 e. The van der Waals surface area contributed by atoms with E-state index in [0.717, 1.165) is 11.1 Å². The molecule has 32 heavy (non-hydrogen) atoms. The number of aromatic nitrogens is 1. The van der Waals surface area contributed by atoms with Crippen LogP contribution in [0.15, 0.2) is 54.7 Å². The molecule has 0 aliphatic rings. The number of nitrogens with zero attached hydrogens (tertiary/aromatic N) is 2. The van der Waals surface area contributed by atoms with Gasteiger partial charge in [0.25, 0.3) is 0 Å². The van der Waals surface area contributed by atoms with E-state index in [1.54, 1.807) is 43.5 Å². The van der Waals surface area contributed by atoms with Crippen molar-refractivity contribution in [2.75, 3.05) is 13.2 Å². The number of nitriles is 2. The highest BCUT2D eigenvalue weighted by molar-refractivity contribution is 5.94. The molecule has 160 valence electrons. The van der Waals surface area contributed by atoms with Crippen LogP contribution in [-0.2, 0) is 27.1 Å². The normalized spacial score (nSPS) is 10.1. The lowest BCUT2D eigenvalue weighted by molar-refractivity contribution is -0.146. The van der Waals surface area contributed by atoms with Crippen LogP contribution in [0.1, 0.15) is 50.8 Å². The van der Waals surface area contributed by atoms with E-state index in [0.29, 0.717) is 40.8 Å². The van der Waals surface area contributed by atoms with Gasteiger partial charge in [0.2, 0.25) is 0 Å². The molecular weight excluding hydrogens is 406 g/mol. The van der Waals surface area contributed by atoms with Gasteiger partial charge >= 0.3 is 11.9 Å². The number of H-pyrrole nitrogens is 1. The highest BCUT2D eigenvalue weighted by Gasteiger charge is 2.22. The van der Waals surface area contributed by atoms with E-state index < -0.39 is 18.5 Å². The summed E-state index contributed by atoms with van der Waals surface area (Å²) in [6, 6.07) is 18.4. The van der Waals surface area contributed by atoms with E-state index in [1.807, 2.05) is 18.2 Å². The van der Waals surface area contributed by atoms with Crippen LogP contribution in [0, 0.1) is 22.7 Å². The second-order valence-corrected chi connectivity index (χ2v) is 7.02. The maximum absolute atomic E-state index is 12.9. The van der Waals surface area contributed by atoms with Crippen LogP contribution in [0.25, 0.3) is 0 Å².